The fourth-order valence-electron chi connectivity index (χ4n) is 0.615. The summed E-state index contributed by atoms with van der Waals surface area (Å²) in [5.74, 6) is -1.43. The molecule has 0 aliphatic heterocycles. The molecule has 0 saturated carbocycles. The van der Waals surface area contributed by atoms with Crippen molar-refractivity contribution >= 4 is 5.97 Å². The van der Waals surface area contributed by atoms with E-state index in [0.717, 1.165) is 0 Å². The highest BCUT2D eigenvalue weighted by atomic mass is 16.4. The largest absolute Gasteiger partial charge is 0.481 e. The van der Waals surface area contributed by atoms with E-state index in [9.17, 15) is 4.79 Å². The third-order valence-electron chi connectivity index (χ3n) is 1.26. The van der Waals surface area contributed by atoms with Gasteiger partial charge in [-0.25, -0.2) is 0 Å². The van der Waals surface area contributed by atoms with Crippen molar-refractivity contribution in [3.63, 3.8) is 0 Å². The van der Waals surface area contributed by atoms with Gasteiger partial charge in [0, 0.05) is 0 Å². The Balaban J connectivity index is 3.79. The number of rotatable bonds is 5. The van der Waals surface area contributed by atoms with Crippen LogP contribution in [0.4, 0.5) is 0 Å². The van der Waals surface area contributed by atoms with E-state index in [1.54, 1.807) is 6.08 Å². The maximum atomic E-state index is 10.4. The molecule has 0 aromatic heterocycles. The van der Waals surface area contributed by atoms with Gasteiger partial charge in [0.05, 0.1) is 12.5 Å². The van der Waals surface area contributed by atoms with Crippen molar-refractivity contribution in [1.82, 2.24) is 0 Å². The SMILES string of the molecule is C=CC(C/C=C/CO)C(=O)O. The molecule has 11 heavy (non-hydrogen) atoms. The Labute approximate surface area is 65.7 Å². The van der Waals surface area contributed by atoms with Gasteiger partial charge in [-0.3, -0.25) is 4.79 Å². The van der Waals surface area contributed by atoms with Crippen LogP contribution in [0.2, 0.25) is 0 Å². The summed E-state index contributed by atoms with van der Waals surface area (Å²) in [7, 11) is 0. The van der Waals surface area contributed by atoms with E-state index in [0.29, 0.717) is 6.42 Å². The van der Waals surface area contributed by atoms with Gasteiger partial charge in [0.15, 0.2) is 0 Å². The third kappa shape index (κ3) is 4.33. The van der Waals surface area contributed by atoms with Crippen molar-refractivity contribution in [3.8, 4) is 0 Å². The third-order valence-corrected chi connectivity index (χ3v) is 1.26. The zero-order valence-electron chi connectivity index (χ0n) is 6.23. The first-order valence-corrected chi connectivity index (χ1v) is 3.33. The summed E-state index contributed by atoms with van der Waals surface area (Å²) in [4.78, 5) is 10.4. The average molecular weight is 156 g/mol. The highest BCUT2D eigenvalue weighted by Crippen LogP contribution is 2.04. The van der Waals surface area contributed by atoms with E-state index >= 15 is 0 Å². The molecular formula is C8H12O3. The Kier molecular flexibility index (Phi) is 5.11. The highest BCUT2D eigenvalue weighted by molar-refractivity contribution is 5.72. The normalized spacial score (nSPS) is 13.2. The van der Waals surface area contributed by atoms with Crippen molar-refractivity contribution in [2.75, 3.05) is 6.61 Å². The van der Waals surface area contributed by atoms with Gasteiger partial charge in [0.25, 0.3) is 0 Å². The second kappa shape index (κ2) is 5.68. The quantitative estimate of drug-likeness (QED) is 0.579. The Bertz CT molecular complexity index is 161. The van der Waals surface area contributed by atoms with Crippen LogP contribution in [0.3, 0.4) is 0 Å². The summed E-state index contributed by atoms with van der Waals surface area (Å²) in [6.45, 7) is 3.33. The van der Waals surface area contributed by atoms with Crippen LogP contribution < -0.4 is 0 Å². The molecule has 3 heteroatoms. The second-order valence-electron chi connectivity index (χ2n) is 2.07. The number of hydrogen-bond donors (Lipinski definition) is 2. The molecule has 0 rings (SSSR count). The van der Waals surface area contributed by atoms with Crippen LogP contribution in [-0.2, 0) is 4.79 Å². The molecule has 0 heterocycles. The number of allylic oxidation sites excluding steroid dienone is 1. The van der Waals surface area contributed by atoms with Gasteiger partial charge < -0.3 is 10.2 Å². The summed E-state index contributed by atoms with van der Waals surface area (Å²) >= 11 is 0. The first kappa shape index (κ1) is 9.91. The van der Waals surface area contributed by atoms with Crippen LogP contribution in [-0.4, -0.2) is 22.8 Å². The van der Waals surface area contributed by atoms with Crippen LogP contribution >= 0.6 is 0 Å². The molecule has 1 atom stereocenters. The van der Waals surface area contributed by atoms with Crippen LogP contribution in [0.25, 0.3) is 0 Å². The Morgan fingerprint density at radius 3 is 2.55 bits per heavy atom. The minimum atomic E-state index is -0.886. The maximum Gasteiger partial charge on any atom is 0.310 e. The van der Waals surface area contributed by atoms with Crippen molar-refractivity contribution in [3.05, 3.63) is 24.8 Å². The van der Waals surface area contributed by atoms with E-state index in [-0.39, 0.29) is 6.61 Å². The predicted octanol–water partition coefficient (Wildman–Crippen LogP) is 0.812. The zero-order valence-corrected chi connectivity index (χ0v) is 6.23. The number of carbonyl (C=O) groups is 1. The van der Waals surface area contributed by atoms with Gasteiger partial charge in [-0.05, 0) is 6.42 Å². The molecule has 0 aliphatic rings. The summed E-state index contributed by atoms with van der Waals surface area (Å²) < 4.78 is 0. The minimum Gasteiger partial charge on any atom is -0.481 e. The van der Waals surface area contributed by atoms with Crippen molar-refractivity contribution in [2.45, 2.75) is 6.42 Å². The number of aliphatic carboxylic acids is 1. The van der Waals surface area contributed by atoms with Gasteiger partial charge in [-0.15, -0.1) is 6.58 Å². The van der Waals surface area contributed by atoms with Gasteiger partial charge in [0.2, 0.25) is 0 Å². The molecule has 62 valence electrons. The van der Waals surface area contributed by atoms with Gasteiger partial charge in [-0.2, -0.15) is 0 Å². The van der Waals surface area contributed by atoms with Gasteiger partial charge in [0.1, 0.15) is 0 Å². The fraction of sp³-hybridized carbons (Fsp3) is 0.375. The molecule has 1 unspecified atom stereocenters. The summed E-state index contributed by atoms with van der Waals surface area (Å²) in [5, 5.41) is 16.8. The average Bonchev–Trinajstić information content (AvgIpc) is 1.97. The summed E-state index contributed by atoms with van der Waals surface area (Å²) in [5.41, 5.74) is 0. The van der Waals surface area contributed by atoms with Crippen molar-refractivity contribution in [2.24, 2.45) is 5.92 Å². The van der Waals surface area contributed by atoms with Crippen LogP contribution in [0.15, 0.2) is 24.8 Å². The topological polar surface area (TPSA) is 57.5 Å². The lowest BCUT2D eigenvalue weighted by Gasteiger charge is -2.00. The molecule has 3 nitrogen and oxygen atoms in total. The van der Waals surface area contributed by atoms with Crippen molar-refractivity contribution < 1.29 is 15.0 Å². The molecule has 0 aromatic carbocycles. The van der Waals surface area contributed by atoms with E-state index in [4.69, 9.17) is 10.2 Å². The van der Waals surface area contributed by atoms with E-state index < -0.39 is 11.9 Å². The predicted molar refractivity (Wildman–Crippen MR) is 42.2 cm³/mol. The molecule has 0 amide bonds. The lowest BCUT2D eigenvalue weighted by molar-refractivity contribution is -0.139. The number of aliphatic hydroxyl groups excluding tert-OH is 1. The number of carboxylic acid groups (broad SMARTS) is 1. The number of carboxylic acids is 1. The molecule has 0 saturated heterocycles. The number of hydrogen-bond acceptors (Lipinski definition) is 2. The van der Waals surface area contributed by atoms with Gasteiger partial charge in [-0.1, -0.05) is 18.2 Å². The van der Waals surface area contributed by atoms with E-state index in [2.05, 4.69) is 6.58 Å². The first-order valence-electron chi connectivity index (χ1n) is 3.33. The molecule has 0 radical (unpaired) electrons. The Hall–Kier alpha value is -1.09. The second-order valence-corrected chi connectivity index (χ2v) is 2.07. The van der Waals surface area contributed by atoms with Crippen LogP contribution in [0, 0.1) is 5.92 Å². The maximum absolute atomic E-state index is 10.4. The lowest BCUT2D eigenvalue weighted by atomic mass is 10.1. The molecule has 0 aromatic rings. The summed E-state index contributed by atoms with van der Waals surface area (Å²) in [6.07, 6.45) is 4.91. The van der Waals surface area contributed by atoms with Crippen LogP contribution in [0.5, 0.6) is 0 Å². The van der Waals surface area contributed by atoms with E-state index in [1.807, 2.05) is 0 Å². The van der Waals surface area contributed by atoms with Crippen molar-refractivity contribution in [1.29, 1.82) is 0 Å². The minimum absolute atomic E-state index is 0.0521. The molecule has 0 fully saturated rings. The molecule has 0 aliphatic carbocycles. The lowest BCUT2D eigenvalue weighted by Crippen LogP contribution is -2.09. The molecule has 0 bridgehead atoms. The summed E-state index contributed by atoms with van der Waals surface area (Å²) in [6, 6.07) is 0. The highest BCUT2D eigenvalue weighted by Gasteiger charge is 2.09. The first-order chi connectivity index (χ1) is 5.22. The Morgan fingerprint density at radius 2 is 2.18 bits per heavy atom. The van der Waals surface area contributed by atoms with Gasteiger partial charge >= 0.3 is 5.97 Å². The monoisotopic (exact) mass is 156 g/mol. The Morgan fingerprint density at radius 1 is 1.55 bits per heavy atom. The van der Waals surface area contributed by atoms with Crippen LogP contribution in [0.1, 0.15) is 6.42 Å². The fourth-order valence-corrected chi connectivity index (χ4v) is 0.615. The smallest absolute Gasteiger partial charge is 0.310 e. The standard InChI is InChI=1S/C8H12O3/c1-2-7(8(10)11)5-3-4-6-9/h2-4,7,9H,1,5-6H2,(H,10,11)/b4-3+. The molecule has 2 N–H and O–H groups in total. The molecular weight excluding hydrogens is 144 g/mol. The number of aliphatic hydroxyl groups is 1. The molecule has 0 spiro atoms. The zero-order chi connectivity index (χ0) is 8.69. The van der Waals surface area contributed by atoms with E-state index in [1.165, 1.54) is 12.2 Å².